The lowest BCUT2D eigenvalue weighted by Crippen LogP contribution is -2.57. The molecule has 11 nitrogen and oxygen atoms in total. The molecule has 1 aliphatic rings. The van der Waals surface area contributed by atoms with E-state index in [1.807, 2.05) is 17.1 Å². The average Bonchev–Trinajstić information content (AvgIpc) is 3.46. The number of hydrazine groups is 1. The molecule has 214 valence electrons. The summed E-state index contributed by atoms with van der Waals surface area (Å²) in [6.45, 7) is 1.92. The molecular weight excluding hydrogens is 534 g/mol. The first-order chi connectivity index (χ1) is 19.7. The quantitative estimate of drug-likeness (QED) is 0.264. The van der Waals surface area contributed by atoms with Crippen molar-refractivity contribution in [3.8, 4) is 5.75 Å². The van der Waals surface area contributed by atoms with Gasteiger partial charge in [-0.2, -0.15) is 5.10 Å². The molecule has 2 heterocycles. The minimum absolute atomic E-state index is 0.118. The number of ether oxygens (including phenoxy) is 1. The fourth-order valence-electron chi connectivity index (χ4n) is 4.81. The maximum atomic E-state index is 14.6. The Bertz CT molecular complexity index is 1460. The highest BCUT2D eigenvalue weighted by Crippen LogP contribution is 2.29. The number of piperazine rings is 1. The van der Waals surface area contributed by atoms with E-state index in [0.717, 1.165) is 11.8 Å². The van der Waals surface area contributed by atoms with E-state index in [1.165, 1.54) is 28.4 Å². The Hall–Kier alpha value is -4.75. The van der Waals surface area contributed by atoms with Gasteiger partial charge >= 0.3 is 6.03 Å². The molecule has 1 aliphatic heterocycles. The molecule has 5 N–H and O–H groups in total. The SMILES string of the molecule is NC(=O)N(c1ccc(N)cc1)N1CCN(c2ccc(OCC(O)(Cn3cncn3)c3ccc(F)cc3F)cc2)CC1. The molecule has 0 saturated carbocycles. The predicted octanol–water partition coefficient (Wildman–Crippen LogP) is 2.73. The van der Waals surface area contributed by atoms with Crippen LogP contribution in [0.15, 0.2) is 79.4 Å². The highest BCUT2D eigenvalue weighted by molar-refractivity contribution is 5.89. The summed E-state index contributed by atoms with van der Waals surface area (Å²) < 4.78 is 35.4. The van der Waals surface area contributed by atoms with E-state index in [-0.39, 0.29) is 18.7 Å². The summed E-state index contributed by atoms with van der Waals surface area (Å²) in [6.07, 6.45) is 2.68. The number of nitrogen functional groups attached to an aromatic ring is 1. The number of anilines is 3. The summed E-state index contributed by atoms with van der Waals surface area (Å²) in [5.41, 5.74) is 11.7. The Kier molecular flexibility index (Phi) is 7.99. The Balaban J connectivity index is 1.23. The molecule has 3 aromatic carbocycles. The third-order valence-electron chi connectivity index (χ3n) is 6.89. The topological polar surface area (TPSA) is 139 Å². The molecule has 5 rings (SSSR count). The lowest BCUT2D eigenvalue weighted by molar-refractivity contribution is -0.0297. The van der Waals surface area contributed by atoms with Gasteiger partial charge in [0.2, 0.25) is 0 Å². The van der Waals surface area contributed by atoms with Gasteiger partial charge in [-0.25, -0.2) is 33.3 Å². The van der Waals surface area contributed by atoms with Crippen molar-refractivity contribution >= 4 is 23.1 Å². The van der Waals surface area contributed by atoms with Gasteiger partial charge < -0.3 is 26.2 Å². The number of urea groups is 1. The standard InChI is InChI=1S/C28H30F2N8O3/c29-20-1-10-25(26(30)15-20)28(40,16-36-19-33-18-34-36)17-41-24-8-6-22(7-9-24)35-11-13-37(14-12-35)38(27(32)39)23-4-2-21(31)3-5-23/h1-10,15,18-19,40H,11-14,16-17,31H2,(H2,32,39). The molecule has 1 fully saturated rings. The number of aliphatic hydroxyl groups is 1. The first kappa shape index (κ1) is 27.8. The summed E-state index contributed by atoms with van der Waals surface area (Å²) in [4.78, 5) is 18.2. The fourth-order valence-corrected chi connectivity index (χ4v) is 4.81. The molecule has 0 spiro atoms. The highest BCUT2D eigenvalue weighted by atomic mass is 19.1. The number of carbonyl (C=O) groups is 1. The Morgan fingerprint density at radius 3 is 2.34 bits per heavy atom. The maximum absolute atomic E-state index is 14.6. The first-order valence-electron chi connectivity index (χ1n) is 12.9. The van der Waals surface area contributed by atoms with Crippen LogP contribution in [0.4, 0.5) is 30.6 Å². The number of nitrogens with zero attached hydrogens (tertiary/aromatic N) is 6. The summed E-state index contributed by atoms with van der Waals surface area (Å²) in [7, 11) is 0. The minimum atomic E-state index is -1.85. The number of hydrogen-bond donors (Lipinski definition) is 3. The van der Waals surface area contributed by atoms with Crippen LogP contribution in [-0.2, 0) is 12.1 Å². The van der Waals surface area contributed by atoms with E-state index in [2.05, 4.69) is 15.0 Å². The smallest absolute Gasteiger partial charge is 0.334 e. The lowest BCUT2D eigenvalue weighted by atomic mass is 9.94. The lowest BCUT2D eigenvalue weighted by Gasteiger charge is -2.41. The van der Waals surface area contributed by atoms with Gasteiger partial charge in [0, 0.05) is 49.2 Å². The van der Waals surface area contributed by atoms with Gasteiger partial charge in [-0.05, 0) is 54.6 Å². The third kappa shape index (κ3) is 6.36. The van der Waals surface area contributed by atoms with Gasteiger partial charge in [0.15, 0.2) is 0 Å². The molecule has 1 unspecified atom stereocenters. The number of hydrogen-bond acceptors (Lipinski definition) is 8. The number of primary amides is 1. The van der Waals surface area contributed by atoms with Gasteiger partial charge in [-0.3, -0.25) is 0 Å². The van der Waals surface area contributed by atoms with Crippen molar-refractivity contribution in [1.29, 1.82) is 0 Å². The first-order valence-corrected chi connectivity index (χ1v) is 12.9. The van der Waals surface area contributed by atoms with Crippen molar-refractivity contribution in [3.05, 3.63) is 96.6 Å². The summed E-state index contributed by atoms with van der Waals surface area (Å²) >= 11 is 0. The van der Waals surface area contributed by atoms with Crippen LogP contribution in [0.5, 0.6) is 5.75 Å². The van der Waals surface area contributed by atoms with Crippen LogP contribution in [-0.4, -0.2) is 63.7 Å². The number of halogens is 2. The average molecular weight is 565 g/mol. The van der Waals surface area contributed by atoms with Gasteiger partial charge in [-0.1, -0.05) is 6.07 Å². The molecular formula is C28H30F2N8O3. The van der Waals surface area contributed by atoms with Crippen LogP contribution in [0.25, 0.3) is 0 Å². The van der Waals surface area contributed by atoms with Gasteiger partial charge in [-0.15, -0.1) is 0 Å². The van der Waals surface area contributed by atoms with E-state index in [4.69, 9.17) is 16.2 Å². The van der Waals surface area contributed by atoms with Crippen LogP contribution in [0, 0.1) is 11.6 Å². The molecule has 13 heteroatoms. The summed E-state index contributed by atoms with van der Waals surface area (Å²) in [5.74, 6) is -1.19. The van der Waals surface area contributed by atoms with Crippen LogP contribution in [0.2, 0.25) is 0 Å². The van der Waals surface area contributed by atoms with Crippen LogP contribution < -0.4 is 26.1 Å². The fraction of sp³-hybridized carbons (Fsp3) is 0.250. The zero-order chi connectivity index (χ0) is 29.0. The summed E-state index contributed by atoms with van der Waals surface area (Å²) in [5, 5.41) is 18.8. The van der Waals surface area contributed by atoms with Gasteiger partial charge in [0.25, 0.3) is 0 Å². The highest BCUT2D eigenvalue weighted by Gasteiger charge is 2.35. The van der Waals surface area contributed by atoms with Crippen LogP contribution in [0.3, 0.4) is 0 Å². The van der Waals surface area contributed by atoms with Gasteiger partial charge in [0.05, 0.1) is 12.2 Å². The molecule has 1 atom stereocenters. The molecule has 1 saturated heterocycles. The molecule has 0 aliphatic carbocycles. The van der Waals surface area contributed by atoms with Crippen LogP contribution in [0.1, 0.15) is 5.56 Å². The molecule has 0 radical (unpaired) electrons. The van der Waals surface area contributed by atoms with Crippen molar-refractivity contribution in [2.75, 3.05) is 48.4 Å². The van der Waals surface area contributed by atoms with E-state index in [9.17, 15) is 18.7 Å². The van der Waals surface area contributed by atoms with Crippen molar-refractivity contribution in [1.82, 2.24) is 19.8 Å². The van der Waals surface area contributed by atoms with E-state index in [1.54, 1.807) is 36.4 Å². The largest absolute Gasteiger partial charge is 0.490 e. The second-order valence-corrected chi connectivity index (χ2v) is 9.71. The van der Waals surface area contributed by atoms with E-state index < -0.39 is 23.3 Å². The second-order valence-electron chi connectivity index (χ2n) is 9.71. The van der Waals surface area contributed by atoms with E-state index >= 15 is 0 Å². The number of aromatic nitrogens is 3. The molecule has 4 aromatic rings. The van der Waals surface area contributed by atoms with Crippen molar-refractivity contribution in [2.24, 2.45) is 5.73 Å². The van der Waals surface area contributed by atoms with Gasteiger partial charge in [0.1, 0.15) is 42.2 Å². The second kappa shape index (κ2) is 11.8. The third-order valence-corrected chi connectivity index (χ3v) is 6.89. The monoisotopic (exact) mass is 564 g/mol. The number of carbonyl (C=O) groups excluding carboxylic acids is 1. The number of amides is 2. The van der Waals surface area contributed by atoms with Crippen molar-refractivity contribution < 1.29 is 23.4 Å². The van der Waals surface area contributed by atoms with Crippen molar-refractivity contribution in [3.63, 3.8) is 0 Å². The molecule has 41 heavy (non-hydrogen) atoms. The van der Waals surface area contributed by atoms with Crippen LogP contribution >= 0.6 is 0 Å². The number of nitrogens with two attached hydrogens (primary N) is 2. The summed E-state index contributed by atoms with van der Waals surface area (Å²) in [6, 6.07) is 16.6. The normalized spacial score (nSPS) is 15.3. The maximum Gasteiger partial charge on any atom is 0.334 e. The Labute approximate surface area is 235 Å². The molecule has 0 bridgehead atoms. The van der Waals surface area contributed by atoms with Crippen molar-refractivity contribution in [2.45, 2.75) is 12.1 Å². The zero-order valence-corrected chi connectivity index (χ0v) is 22.1. The Morgan fingerprint density at radius 1 is 1.02 bits per heavy atom. The zero-order valence-electron chi connectivity index (χ0n) is 22.1. The van der Waals surface area contributed by atoms with E-state index in [0.29, 0.717) is 49.4 Å². The predicted molar refractivity (Wildman–Crippen MR) is 149 cm³/mol. The Morgan fingerprint density at radius 2 is 1.73 bits per heavy atom. The molecule has 2 amide bonds. The number of rotatable bonds is 9. The molecule has 1 aromatic heterocycles. The minimum Gasteiger partial charge on any atom is -0.490 e. The number of benzene rings is 3.